The Bertz CT molecular complexity index is 872. The number of alkyl halides is 2. The number of thiophene rings is 1. The molecular weight excluding hydrogens is 426 g/mol. The average Bonchev–Trinajstić information content (AvgIpc) is 3.42. The van der Waals surface area contributed by atoms with Crippen LogP contribution in [0.4, 0.5) is 8.78 Å². The minimum absolute atomic E-state index is 0.0127. The van der Waals surface area contributed by atoms with Crippen LogP contribution in [0.1, 0.15) is 47.8 Å². The number of amides is 2. The fourth-order valence-corrected chi connectivity index (χ4v) is 3.84. The highest BCUT2D eigenvalue weighted by Gasteiger charge is 2.32. The third-order valence-corrected chi connectivity index (χ3v) is 5.65. The van der Waals surface area contributed by atoms with Gasteiger partial charge in [-0.2, -0.15) is 8.78 Å². The van der Waals surface area contributed by atoms with Crippen molar-refractivity contribution in [2.24, 2.45) is 0 Å². The predicted octanol–water partition coefficient (Wildman–Crippen LogP) is 4.45. The van der Waals surface area contributed by atoms with Crippen LogP contribution in [0.25, 0.3) is 0 Å². The van der Waals surface area contributed by atoms with Crippen molar-refractivity contribution in [1.82, 2.24) is 10.2 Å². The number of halogens is 2. The van der Waals surface area contributed by atoms with Crippen LogP contribution < -0.4 is 14.8 Å². The molecule has 31 heavy (non-hydrogen) atoms. The maximum absolute atomic E-state index is 12.8. The first kappa shape index (κ1) is 23.0. The van der Waals surface area contributed by atoms with Gasteiger partial charge in [-0.3, -0.25) is 9.59 Å². The van der Waals surface area contributed by atoms with E-state index in [0.717, 1.165) is 18.4 Å². The summed E-state index contributed by atoms with van der Waals surface area (Å²) in [6.45, 7) is -0.0634. The fraction of sp³-hybridized carbons (Fsp3) is 0.455. The third-order valence-electron chi connectivity index (χ3n) is 4.78. The fourth-order valence-electron chi connectivity index (χ4n) is 3.20. The SMILES string of the molecule is CCOc1cc(CN(C(=O)CCCNC(=O)c2cccs2)C2CC2)ccc1OC(F)F. The van der Waals surface area contributed by atoms with Crippen LogP contribution in [0.3, 0.4) is 0 Å². The summed E-state index contributed by atoms with van der Waals surface area (Å²) in [4.78, 5) is 27.2. The van der Waals surface area contributed by atoms with Gasteiger partial charge in [0, 0.05) is 25.6 Å². The third kappa shape index (κ3) is 6.92. The summed E-state index contributed by atoms with van der Waals surface area (Å²) in [6, 6.07) is 8.53. The number of benzene rings is 1. The van der Waals surface area contributed by atoms with E-state index in [1.54, 1.807) is 25.1 Å². The van der Waals surface area contributed by atoms with Crippen molar-refractivity contribution >= 4 is 23.2 Å². The molecular formula is C22H26F2N2O4S. The number of hydrogen-bond acceptors (Lipinski definition) is 5. The van der Waals surface area contributed by atoms with Gasteiger partial charge in [0.1, 0.15) is 0 Å². The smallest absolute Gasteiger partial charge is 0.387 e. The Kier molecular flexibility index (Phi) is 8.22. The summed E-state index contributed by atoms with van der Waals surface area (Å²) >= 11 is 1.37. The van der Waals surface area contributed by atoms with Crippen molar-refractivity contribution < 1.29 is 27.8 Å². The number of rotatable bonds is 12. The lowest BCUT2D eigenvalue weighted by atomic mass is 10.1. The molecule has 2 amide bonds. The van der Waals surface area contributed by atoms with Crippen LogP contribution >= 0.6 is 11.3 Å². The Hall–Kier alpha value is -2.68. The molecule has 1 aliphatic carbocycles. The van der Waals surface area contributed by atoms with Crippen molar-refractivity contribution in [2.45, 2.75) is 51.8 Å². The molecule has 1 aromatic carbocycles. The molecule has 0 atom stereocenters. The Labute approximate surface area is 184 Å². The van der Waals surface area contributed by atoms with Gasteiger partial charge in [0.05, 0.1) is 11.5 Å². The maximum Gasteiger partial charge on any atom is 0.387 e. The standard InChI is InChI=1S/C22H26F2N2O4S/c1-2-29-18-13-15(7-10-17(18)30-22(23)24)14-26(16-8-9-16)20(27)6-3-11-25-21(28)19-5-4-12-31-19/h4-5,7,10,12-13,16,22H,2-3,6,8-9,11,14H2,1H3,(H,25,28). The summed E-state index contributed by atoms with van der Waals surface area (Å²) in [6.07, 6.45) is 2.77. The predicted molar refractivity (Wildman–Crippen MR) is 114 cm³/mol. The quantitative estimate of drug-likeness (QED) is 0.483. The Morgan fingerprint density at radius 3 is 2.71 bits per heavy atom. The van der Waals surface area contributed by atoms with Crippen molar-refractivity contribution in [3.05, 3.63) is 46.2 Å². The van der Waals surface area contributed by atoms with E-state index in [4.69, 9.17) is 4.74 Å². The molecule has 1 saturated carbocycles. The maximum atomic E-state index is 12.8. The molecule has 3 rings (SSSR count). The van der Waals surface area contributed by atoms with Gasteiger partial charge in [-0.25, -0.2) is 0 Å². The molecule has 1 fully saturated rings. The normalized spacial score (nSPS) is 13.2. The molecule has 0 aliphatic heterocycles. The van der Waals surface area contributed by atoms with E-state index in [-0.39, 0.29) is 29.4 Å². The summed E-state index contributed by atoms with van der Waals surface area (Å²) in [5.41, 5.74) is 0.788. The first-order valence-corrected chi connectivity index (χ1v) is 11.2. The van der Waals surface area contributed by atoms with Gasteiger partial charge in [-0.15, -0.1) is 11.3 Å². The molecule has 2 aromatic rings. The highest BCUT2D eigenvalue weighted by atomic mass is 32.1. The van der Waals surface area contributed by atoms with E-state index in [9.17, 15) is 18.4 Å². The van der Waals surface area contributed by atoms with Crippen LogP contribution in [0.2, 0.25) is 0 Å². The van der Waals surface area contributed by atoms with Crippen molar-refractivity contribution in [2.75, 3.05) is 13.2 Å². The number of carbonyl (C=O) groups excluding carboxylic acids is 2. The second-order valence-corrected chi connectivity index (χ2v) is 8.13. The molecule has 6 nitrogen and oxygen atoms in total. The second kappa shape index (κ2) is 11.1. The van der Waals surface area contributed by atoms with E-state index in [0.29, 0.717) is 37.4 Å². The van der Waals surface area contributed by atoms with Crippen LogP contribution in [0, 0.1) is 0 Å². The lowest BCUT2D eigenvalue weighted by molar-refractivity contribution is -0.132. The second-order valence-electron chi connectivity index (χ2n) is 7.18. The van der Waals surface area contributed by atoms with E-state index < -0.39 is 6.61 Å². The van der Waals surface area contributed by atoms with E-state index in [2.05, 4.69) is 10.1 Å². The molecule has 168 valence electrons. The minimum atomic E-state index is -2.94. The zero-order valence-electron chi connectivity index (χ0n) is 17.3. The first-order valence-electron chi connectivity index (χ1n) is 10.3. The number of ether oxygens (including phenoxy) is 2. The van der Waals surface area contributed by atoms with Crippen LogP contribution in [0.15, 0.2) is 35.7 Å². The van der Waals surface area contributed by atoms with Gasteiger partial charge in [0.2, 0.25) is 5.91 Å². The van der Waals surface area contributed by atoms with Gasteiger partial charge < -0.3 is 19.7 Å². The molecule has 1 heterocycles. The molecule has 0 saturated heterocycles. The van der Waals surface area contributed by atoms with E-state index in [1.165, 1.54) is 17.4 Å². The Morgan fingerprint density at radius 1 is 1.26 bits per heavy atom. The van der Waals surface area contributed by atoms with Crippen molar-refractivity contribution in [1.29, 1.82) is 0 Å². The van der Waals surface area contributed by atoms with Gasteiger partial charge in [0.15, 0.2) is 11.5 Å². The highest BCUT2D eigenvalue weighted by molar-refractivity contribution is 7.12. The van der Waals surface area contributed by atoms with Gasteiger partial charge in [-0.1, -0.05) is 12.1 Å². The van der Waals surface area contributed by atoms with Gasteiger partial charge in [-0.05, 0) is 55.3 Å². The molecule has 1 aliphatic rings. The lowest BCUT2D eigenvalue weighted by Gasteiger charge is -2.23. The topological polar surface area (TPSA) is 67.9 Å². The summed E-state index contributed by atoms with van der Waals surface area (Å²) in [5.74, 6) is 0.0981. The Balaban J connectivity index is 1.54. The summed E-state index contributed by atoms with van der Waals surface area (Å²) in [5, 5.41) is 4.67. The summed E-state index contributed by atoms with van der Waals surface area (Å²) < 4.78 is 35.1. The molecule has 9 heteroatoms. The van der Waals surface area contributed by atoms with Gasteiger partial charge >= 0.3 is 6.61 Å². The number of hydrogen-bond donors (Lipinski definition) is 1. The van der Waals surface area contributed by atoms with Crippen molar-refractivity contribution in [3.8, 4) is 11.5 Å². The molecule has 1 N–H and O–H groups in total. The number of carbonyl (C=O) groups is 2. The van der Waals surface area contributed by atoms with Crippen LogP contribution in [-0.2, 0) is 11.3 Å². The molecule has 0 unspecified atom stereocenters. The Morgan fingerprint density at radius 2 is 2.06 bits per heavy atom. The molecule has 1 aromatic heterocycles. The molecule has 0 bridgehead atoms. The van der Waals surface area contributed by atoms with Gasteiger partial charge in [0.25, 0.3) is 5.91 Å². The van der Waals surface area contributed by atoms with Crippen LogP contribution in [-0.4, -0.2) is 42.5 Å². The monoisotopic (exact) mass is 452 g/mol. The molecule has 0 radical (unpaired) electrons. The first-order chi connectivity index (χ1) is 15.0. The summed E-state index contributed by atoms with van der Waals surface area (Å²) in [7, 11) is 0. The number of nitrogens with zero attached hydrogens (tertiary/aromatic N) is 1. The lowest BCUT2D eigenvalue weighted by Crippen LogP contribution is -2.33. The molecule has 0 spiro atoms. The van der Waals surface area contributed by atoms with Crippen molar-refractivity contribution in [3.63, 3.8) is 0 Å². The zero-order chi connectivity index (χ0) is 22.2. The highest BCUT2D eigenvalue weighted by Crippen LogP contribution is 2.33. The minimum Gasteiger partial charge on any atom is -0.490 e. The number of nitrogens with one attached hydrogen (secondary N) is 1. The van der Waals surface area contributed by atoms with E-state index >= 15 is 0 Å². The van der Waals surface area contributed by atoms with E-state index in [1.807, 2.05) is 16.3 Å². The average molecular weight is 453 g/mol. The largest absolute Gasteiger partial charge is 0.490 e. The van der Waals surface area contributed by atoms with Crippen LogP contribution in [0.5, 0.6) is 11.5 Å². The zero-order valence-corrected chi connectivity index (χ0v) is 18.1.